The van der Waals surface area contributed by atoms with E-state index in [1.807, 2.05) is 6.92 Å². The minimum Gasteiger partial charge on any atom is -0.330 e. The number of nitrogens with zero attached hydrogens (tertiary/aromatic N) is 1. The number of hydrogen-bond donors (Lipinski definition) is 1. The second kappa shape index (κ2) is 9.94. The van der Waals surface area contributed by atoms with Gasteiger partial charge in [0, 0.05) is 17.6 Å². The molecule has 2 rings (SSSR count). The highest BCUT2D eigenvalue weighted by atomic mass is 35.5. The predicted octanol–water partition coefficient (Wildman–Crippen LogP) is 4.65. The van der Waals surface area contributed by atoms with Gasteiger partial charge in [0.2, 0.25) is 11.8 Å². The Hall–Kier alpha value is -2.80. The maximum absolute atomic E-state index is 13.7. The SMILES string of the molecule is CCCN(CC(=O)Nc1ccc(F)c(F)c1F)C(=O)/C=C/c1ccccc1Cl. The first kappa shape index (κ1) is 21.5. The first-order chi connectivity index (χ1) is 13.3. The quantitative estimate of drug-likeness (QED) is 0.533. The van der Waals surface area contributed by atoms with E-state index in [1.165, 1.54) is 17.1 Å². The van der Waals surface area contributed by atoms with E-state index < -0.39 is 35.0 Å². The van der Waals surface area contributed by atoms with Crippen LogP contribution in [0.1, 0.15) is 18.9 Å². The van der Waals surface area contributed by atoms with Gasteiger partial charge < -0.3 is 10.2 Å². The van der Waals surface area contributed by atoms with Crippen molar-refractivity contribution in [3.05, 3.63) is 70.5 Å². The standard InChI is InChI=1S/C20H18ClF3N2O2/c1-2-11-26(18(28)10-7-13-5-3-4-6-14(13)21)12-17(27)25-16-9-8-15(22)19(23)20(16)24/h3-10H,2,11-12H2,1H3,(H,25,27)/b10-7+. The molecule has 148 valence electrons. The summed E-state index contributed by atoms with van der Waals surface area (Å²) in [4.78, 5) is 25.8. The second-order valence-electron chi connectivity index (χ2n) is 5.89. The van der Waals surface area contributed by atoms with Crippen molar-refractivity contribution in [1.82, 2.24) is 4.90 Å². The van der Waals surface area contributed by atoms with E-state index in [0.29, 0.717) is 23.1 Å². The first-order valence-electron chi connectivity index (χ1n) is 8.48. The molecule has 0 atom stereocenters. The van der Waals surface area contributed by atoms with Gasteiger partial charge >= 0.3 is 0 Å². The van der Waals surface area contributed by atoms with Gasteiger partial charge in [-0.1, -0.05) is 36.7 Å². The smallest absolute Gasteiger partial charge is 0.247 e. The summed E-state index contributed by atoms with van der Waals surface area (Å²) in [6, 6.07) is 8.55. The monoisotopic (exact) mass is 410 g/mol. The van der Waals surface area contributed by atoms with Gasteiger partial charge in [-0.15, -0.1) is 0 Å². The van der Waals surface area contributed by atoms with Crippen LogP contribution in [0.15, 0.2) is 42.5 Å². The van der Waals surface area contributed by atoms with Crippen LogP contribution in [0.25, 0.3) is 6.08 Å². The Morgan fingerprint density at radius 2 is 1.82 bits per heavy atom. The van der Waals surface area contributed by atoms with Crippen molar-refractivity contribution >= 4 is 35.2 Å². The van der Waals surface area contributed by atoms with Crippen LogP contribution < -0.4 is 5.32 Å². The van der Waals surface area contributed by atoms with Crippen molar-refractivity contribution in [3.63, 3.8) is 0 Å². The molecule has 2 aromatic carbocycles. The molecule has 0 unspecified atom stereocenters. The number of anilines is 1. The Morgan fingerprint density at radius 1 is 1.11 bits per heavy atom. The molecule has 0 aliphatic carbocycles. The Morgan fingerprint density at radius 3 is 2.50 bits per heavy atom. The molecule has 0 aliphatic heterocycles. The van der Waals surface area contributed by atoms with Gasteiger partial charge in [-0.25, -0.2) is 13.2 Å². The van der Waals surface area contributed by atoms with Crippen LogP contribution in [0.3, 0.4) is 0 Å². The van der Waals surface area contributed by atoms with Crippen LogP contribution in [-0.4, -0.2) is 29.8 Å². The highest BCUT2D eigenvalue weighted by molar-refractivity contribution is 6.32. The molecular weight excluding hydrogens is 393 g/mol. The van der Waals surface area contributed by atoms with E-state index in [1.54, 1.807) is 24.3 Å². The minimum atomic E-state index is -1.68. The Labute approximate surface area is 165 Å². The van der Waals surface area contributed by atoms with Gasteiger partial charge in [0.05, 0.1) is 5.69 Å². The molecule has 4 nitrogen and oxygen atoms in total. The molecule has 0 saturated carbocycles. The van der Waals surface area contributed by atoms with Crippen molar-refractivity contribution in [1.29, 1.82) is 0 Å². The number of carbonyl (C=O) groups is 2. The summed E-state index contributed by atoms with van der Waals surface area (Å²) in [5.74, 6) is -5.72. The zero-order valence-corrected chi connectivity index (χ0v) is 15.8. The molecule has 28 heavy (non-hydrogen) atoms. The van der Waals surface area contributed by atoms with Crippen molar-refractivity contribution < 1.29 is 22.8 Å². The van der Waals surface area contributed by atoms with Gasteiger partial charge in [-0.2, -0.15) is 0 Å². The van der Waals surface area contributed by atoms with Gasteiger partial charge in [0.25, 0.3) is 0 Å². The molecule has 8 heteroatoms. The number of nitrogens with one attached hydrogen (secondary N) is 1. The molecule has 0 saturated heterocycles. The average Bonchev–Trinajstić information content (AvgIpc) is 2.67. The van der Waals surface area contributed by atoms with E-state index in [9.17, 15) is 22.8 Å². The number of carbonyl (C=O) groups excluding carboxylic acids is 2. The van der Waals surface area contributed by atoms with Crippen LogP contribution in [0.2, 0.25) is 5.02 Å². The van der Waals surface area contributed by atoms with Crippen LogP contribution in [0.4, 0.5) is 18.9 Å². The van der Waals surface area contributed by atoms with Gasteiger partial charge in [-0.05, 0) is 36.3 Å². The molecule has 0 radical (unpaired) electrons. The number of hydrogen-bond acceptors (Lipinski definition) is 2. The zero-order valence-electron chi connectivity index (χ0n) is 15.0. The molecule has 0 bridgehead atoms. The van der Waals surface area contributed by atoms with Crippen LogP contribution >= 0.6 is 11.6 Å². The van der Waals surface area contributed by atoms with Crippen molar-refractivity contribution in [3.8, 4) is 0 Å². The molecule has 2 amide bonds. The van der Waals surface area contributed by atoms with E-state index in [4.69, 9.17) is 11.6 Å². The van der Waals surface area contributed by atoms with E-state index in [0.717, 1.165) is 6.07 Å². The minimum absolute atomic E-state index is 0.277. The average molecular weight is 411 g/mol. The fourth-order valence-corrected chi connectivity index (χ4v) is 2.60. The Bertz CT molecular complexity index is 903. The third-order valence-electron chi connectivity index (χ3n) is 3.76. The lowest BCUT2D eigenvalue weighted by Gasteiger charge is -2.20. The Balaban J connectivity index is 2.07. The molecule has 0 heterocycles. The number of benzene rings is 2. The van der Waals surface area contributed by atoms with Crippen molar-refractivity contribution in [2.24, 2.45) is 0 Å². The fraction of sp³-hybridized carbons (Fsp3) is 0.200. The Kier molecular flexibility index (Phi) is 7.63. The fourth-order valence-electron chi connectivity index (χ4n) is 2.40. The number of amides is 2. The molecule has 2 aromatic rings. The maximum Gasteiger partial charge on any atom is 0.247 e. The van der Waals surface area contributed by atoms with E-state index >= 15 is 0 Å². The van der Waals surface area contributed by atoms with Crippen molar-refractivity contribution in [2.75, 3.05) is 18.4 Å². The highest BCUT2D eigenvalue weighted by Crippen LogP contribution is 2.20. The molecule has 0 aliphatic rings. The molecule has 0 aromatic heterocycles. The van der Waals surface area contributed by atoms with E-state index in [2.05, 4.69) is 5.32 Å². The molecular formula is C20H18ClF3N2O2. The molecule has 1 N–H and O–H groups in total. The van der Waals surface area contributed by atoms with Crippen LogP contribution in [-0.2, 0) is 9.59 Å². The largest absolute Gasteiger partial charge is 0.330 e. The first-order valence-corrected chi connectivity index (χ1v) is 8.86. The highest BCUT2D eigenvalue weighted by Gasteiger charge is 2.18. The number of halogens is 4. The summed E-state index contributed by atoms with van der Waals surface area (Å²) in [5, 5.41) is 2.62. The molecule has 0 fully saturated rings. The second-order valence-corrected chi connectivity index (χ2v) is 6.29. The molecule has 0 spiro atoms. The summed E-state index contributed by atoms with van der Waals surface area (Å²) in [5.41, 5.74) is 0.140. The lowest BCUT2D eigenvalue weighted by molar-refractivity contribution is -0.130. The van der Waals surface area contributed by atoms with Gasteiger partial charge in [0.1, 0.15) is 6.54 Å². The van der Waals surface area contributed by atoms with Gasteiger partial charge in [-0.3, -0.25) is 9.59 Å². The normalized spacial score (nSPS) is 10.9. The predicted molar refractivity (Wildman–Crippen MR) is 102 cm³/mol. The summed E-state index contributed by atoms with van der Waals surface area (Å²) < 4.78 is 39.9. The summed E-state index contributed by atoms with van der Waals surface area (Å²) in [6.07, 6.45) is 3.39. The lowest BCUT2D eigenvalue weighted by atomic mass is 10.2. The van der Waals surface area contributed by atoms with E-state index in [-0.39, 0.29) is 13.1 Å². The lowest BCUT2D eigenvalue weighted by Crippen LogP contribution is -2.37. The third kappa shape index (κ3) is 5.60. The third-order valence-corrected chi connectivity index (χ3v) is 4.10. The zero-order chi connectivity index (χ0) is 20.7. The summed E-state index contributed by atoms with van der Waals surface area (Å²) >= 11 is 6.03. The van der Waals surface area contributed by atoms with Crippen molar-refractivity contribution in [2.45, 2.75) is 13.3 Å². The maximum atomic E-state index is 13.7. The van der Waals surface area contributed by atoms with Gasteiger partial charge in [0.15, 0.2) is 17.5 Å². The topological polar surface area (TPSA) is 49.4 Å². The summed E-state index contributed by atoms with van der Waals surface area (Å²) in [7, 11) is 0. The summed E-state index contributed by atoms with van der Waals surface area (Å²) in [6.45, 7) is 1.72. The van der Waals surface area contributed by atoms with Crippen LogP contribution in [0, 0.1) is 17.5 Å². The number of rotatable bonds is 7. The van der Waals surface area contributed by atoms with Crippen LogP contribution in [0.5, 0.6) is 0 Å².